The van der Waals surface area contributed by atoms with Gasteiger partial charge in [0.15, 0.2) is 0 Å². The van der Waals surface area contributed by atoms with Gasteiger partial charge in [-0.25, -0.2) is 0 Å². The Balaban J connectivity index is -0.000000535. The van der Waals surface area contributed by atoms with Gasteiger partial charge in [-0.2, -0.15) is 0 Å². The molecule has 1 aliphatic rings. The summed E-state index contributed by atoms with van der Waals surface area (Å²) < 4.78 is 0. The van der Waals surface area contributed by atoms with Gasteiger partial charge in [-0.15, -0.1) is 12.8 Å². The lowest BCUT2D eigenvalue weighted by Crippen LogP contribution is -1.85. The first-order chi connectivity index (χ1) is 10.5. The van der Waals surface area contributed by atoms with Gasteiger partial charge in [0.05, 0.1) is 0 Å². The molecular weight excluding hydrogens is 264 g/mol. The summed E-state index contributed by atoms with van der Waals surface area (Å²) in [6.07, 6.45) is 15.8. The maximum Gasteiger partial charge on any atom is -0.00545 e. The molecule has 0 nitrogen and oxygen atoms in total. The lowest BCUT2D eigenvalue weighted by molar-refractivity contribution is 1.19. The van der Waals surface area contributed by atoms with Crippen molar-refractivity contribution in [3.8, 4) is 12.8 Å². The molecule has 0 spiro atoms. The molecule has 0 unspecified atom stereocenters. The summed E-state index contributed by atoms with van der Waals surface area (Å²) in [5, 5.41) is 0. The predicted octanol–water partition coefficient (Wildman–Crippen LogP) is 7.42. The molecular formula is C22H36. The van der Waals surface area contributed by atoms with E-state index in [2.05, 4.69) is 72.3 Å². The van der Waals surface area contributed by atoms with Crippen LogP contribution in [0.2, 0.25) is 0 Å². The van der Waals surface area contributed by atoms with Crippen molar-refractivity contribution in [1.29, 1.82) is 0 Å². The fraction of sp³-hybridized carbons (Fsp3) is 0.455. The lowest BCUT2D eigenvalue weighted by Gasteiger charge is -2.04. The zero-order valence-electron chi connectivity index (χ0n) is 16.3. The van der Waals surface area contributed by atoms with Crippen molar-refractivity contribution in [3.63, 3.8) is 0 Å². The van der Waals surface area contributed by atoms with E-state index in [4.69, 9.17) is 0 Å². The Bertz CT molecular complexity index is 456. The average molecular weight is 301 g/mol. The van der Waals surface area contributed by atoms with Crippen LogP contribution in [-0.4, -0.2) is 0 Å². The Morgan fingerprint density at radius 3 is 1.82 bits per heavy atom. The summed E-state index contributed by atoms with van der Waals surface area (Å²) in [5.41, 5.74) is 8.12. The van der Waals surface area contributed by atoms with Crippen LogP contribution in [-0.2, 0) is 0 Å². The first kappa shape index (κ1) is 25.2. The van der Waals surface area contributed by atoms with Crippen LogP contribution in [0.4, 0.5) is 0 Å². The normalized spacial score (nSPS) is 15.8. The van der Waals surface area contributed by atoms with Crippen LogP contribution in [0.5, 0.6) is 0 Å². The Morgan fingerprint density at radius 1 is 1.05 bits per heavy atom. The third kappa shape index (κ3) is 9.24. The summed E-state index contributed by atoms with van der Waals surface area (Å²) in [7, 11) is 0. The molecule has 124 valence electrons. The van der Waals surface area contributed by atoms with Crippen LogP contribution in [0.1, 0.15) is 68.7 Å². The molecule has 1 rings (SSSR count). The molecule has 0 saturated heterocycles. The van der Waals surface area contributed by atoms with Gasteiger partial charge in [0, 0.05) is 0 Å². The highest BCUT2D eigenvalue weighted by molar-refractivity contribution is 5.61. The van der Waals surface area contributed by atoms with Gasteiger partial charge in [-0.05, 0) is 57.8 Å². The van der Waals surface area contributed by atoms with Gasteiger partial charge in [0.2, 0.25) is 0 Å². The van der Waals surface area contributed by atoms with E-state index in [1.807, 2.05) is 27.7 Å². The first-order valence-corrected chi connectivity index (χ1v) is 8.16. The van der Waals surface area contributed by atoms with Gasteiger partial charge in [0.1, 0.15) is 0 Å². The largest absolute Gasteiger partial charge is 0.124 e. The number of terminal acetylenes is 1. The summed E-state index contributed by atoms with van der Waals surface area (Å²) >= 11 is 0. The molecule has 0 amide bonds. The topological polar surface area (TPSA) is 0 Å². The molecule has 22 heavy (non-hydrogen) atoms. The van der Waals surface area contributed by atoms with Crippen LogP contribution >= 0.6 is 0 Å². The van der Waals surface area contributed by atoms with Crippen LogP contribution in [0.25, 0.3) is 0 Å². The number of hydrogen-bond acceptors (Lipinski definition) is 0. The minimum Gasteiger partial charge on any atom is -0.124 e. The van der Waals surface area contributed by atoms with Crippen molar-refractivity contribution < 1.29 is 0 Å². The molecule has 0 aromatic heterocycles. The summed E-state index contributed by atoms with van der Waals surface area (Å²) in [4.78, 5) is 0. The second-order valence-corrected chi connectivity index (χ2v) is 4.81. The maximum absolute atomic E-state index is 4.00. The van der Waals surface area contributed by atoms with Crippen LogP contribution in [0.15, 0.2) is 58.2 Å². The zero-order valence-corrected chi connectivity index (χ0v) is 16.3. The molecule has 0 fully saturated rings. The van der Waals surface area contributed by atoms with Gasteiger partial charge >= 0.3 is 0 Å². The second kappa shape index (κ2) is 15.6. The van der Waals surface area contributed by atoms with Gasteiger partial charge < -0.3 is 0 Å². The van der Waals surface area contributed by atoms with E-state index >= 15 is 0 Å². The van der Waals surface area contributed by atoms with Crippen LogP contribution in [0.3, 0.4) is 0 Å². The minimum absolute atomic E-state index is 1.06. The van der Waals surface area contributed by atoms with Crippen LogP contribution < -0.4 is 0 Å². The first-order valence-electron chi connectivity index (χ1n) is 8.16. The quantitative estimate of drug-likeness (QED) is 0.465. The van der Waals surface area contributed by atoms with Crippen LogP contribution in [0, 0.1) is 12.8 Å². The number of rotatable bonds is 2. The fourth-order valence-corrected chi connectivity index (χ4v) is 2.14. The monoisotopic (exact) mass is 300 g/mol. The van der Waals surface area contributed by atoms with E-state index < -0.39 is 0 Å². The highest BCUT2D eigenvalue weighted by atomic mass is 14.2. The predicted molar refractivity (Wildman–Crippen MR) is 106 cm³/mol. The molecule has 0 heteroatoms. The SMILES string of the molecule is C#C.C=C(C)/C=C1/CC(C)=C(C=C(C)C)/C1=C/C.CC.CC. The smallest absolute Gasteiger partial charge is 0.00545 e. The number of hydrogen-bond donors (Lipinski definition) is 0. The summed E-state index contributed by atoms with van der Waals surface area (Å²) in [5.74, 6) is 0. The van der Waals surface area contributed by atoms with Gasteiger partial charge in [-0.3, -0.25) is 0 Å². The highest BCUT2D eigenvalue weighted by Crippen LogP contribution is 2.37. The lowest BCUT2D eigenvalue weighted by atomic mass is 10.0. The minimum atomic E-state index is 1.06. The molecule has 0 N–H and O–H groups in total. The molecule has 0 bridgehead atoms. The molecule has 0 saturated carbocycles. The summed E-state index contributed by atoms with van der Waals surface area (Å²) in [6, 6.07) is 0. The third-order valence-corrected chi connectivity index (χ3v) is 2.69. The Labute approximate surface area is 140 Å². The van der Waals surface area contributed by atoms with Crippen molar-refractivity contribution in [3.05, 3.63) is 58.2 Å². The molecule has 0 aromatic carbocycles. The van der Waals surface area contributed by atoms with E-state index in [9.17, 15) is 0 Å². The number of allylic oxidation sites excluding steroid dienone is 9. The Kier molecular flexibility index (Phi) is 17.9. The molecule has 0 atom stereocenters. The zero-order chi connectivity index (χ0) is 18.3. The summed E-state index contributed by atoms with van der Waals surface area (Å²) in [6.45, 7) is 22.6. The highest BCUT2D eigenvalue weighted by Gasteiger charge is 2.19. The van der Waals surface area contributed by atoms with Crippen molar-refractivity contribution in [2.45, 2.75) is 68.7 Å². The molecule has 0 radical (unpaired) electrons. The van der Waals surface area contributed by atoms with Crippen molar-refractivity contribution in [2.24, 2.45) is 0 Å². The molecule has 0 heterocycles. The van der Waals surface area contributed by atoms with E-state index in [1.165, 1.54) is 27.9 Å². The van der Waals surface area contributed by atoms with Crippen molar-refractivity contribution in [1.82, 2.24) is 0 Å². The third-order valence-electron chi connectivity index (χ3n) is 2.69. The fourth-order valence-electron chi connectivity index (χ4n) is 2.14. The van der Waals surface area contributed by atoms with E-state index in [0.717, 1.165) is 12.0 Å². The van der Waals surface area contributed by atoms with E-state index in [0.29, 0.717) is 0 Å². The van der Waals surface area contributed by atoms with Crippen molar-refractivity contribution >= 4 is 0 Å². The maximum atomic E-state index is 4.00. The standard InChI is InChI=1S/C16H22.2C2H6.C2H2/c1-7-15-14(8-11(2)3)10-13(6)16(15)9-12(4)5;3*1-2/h7-9H,2,10H2,1,3-6H3;2*1-2H3;1-2H/b14-8-,15-7+;;;. The Hall–Kier alpha value is -1.74. The average Bonchev–Trinajstić information content (AvgIpc) is 2.79. The molecule has 1 aliphatic carbocycles. The molecule has 0 aromatic rings. The van der Waals surface area contributed by atoms with E-state index in [-0.39, 0.29) is 0 Å². The Morgan fingerprint density at radius 2 is 1.50 bits per heavy atom. The van der Waals surface area contributed by atoms with E-state index in [1.54, 1.807) is 0 Å². The second-order valence-electron chi connectivity index (χ2n) is 4.81. The van der Waals surface area contributed by atoms with Gasteiger partial charge in [0.25, 0.3) is 0 Å². The molecule has 0 aliphatic heterocycles. The van der Waals surface area contributed by atoms with Crippen molar-refractivity contribution in [2.75, 3.05) is 0 Å². The van der Waals surface area contributed by atoms with Gasteiger partial charge in [-0.1, -0.05) is 69.2 Å².